The van der Waals surface area contributed by atoms with Crippen molar-refractivity contribution in [1.82, 2.24) is 9.88 Å². The first kappa shape index (κ1) is 10.4. The lowest BCUT2D eigenvalue weighted by atomic mass is 10.1. The first-order chi connectivity index (χ1) is 7.22. The predicted molar refractivity (Wildman–Crippen MR) is 55.1 cm³/mol. The Hall–Kier alpha value is -1.14. The molecule has 0 unspecified atom stereocenters. The molecule has 1 aliphatic rings. The summed E-state index contributed by atoms with van der Waals surface area (Å²) in [4.78, 5) is 16.4. The van der Waals surface area contributed by atoms with Crippen molar-refractivity contribution in [3.8, 4) is 0 Å². The number of amides is 1. The second-order valence-electron chi connectivity index (χ2n) is 3.57. The van der Waals surface area contributed by atoms with Crippen molar-refractivity contribution in [3.05, 3.63) is 16.6 Å². The molecule has 6 heteroatoms. The van der Waals surface area contributed by atoms with Crippen molar-refractivity contribution in [1.29, 1.82) is 0 Å². The maximum Gasteiger partial charge on any atom is 0.407 e. The Kier molecular flexibility index (Phi) is 2.88. The zero-order valence-corrected chi connectivity index (χ0v) is 8.85. The molecule has 15 heavy (non-hydrogen) atoms. The molecule has 0 saturated carbocycles. The van der Waals surface area contributed by atoms with Crippen molar-refractivity contribution in [2.24, 2.45) is 0 Å². The highest BCUT2D eigenvalue weighted by Gasteiger charge is 2.36. The summed E-state index contributed by atoms with van der Waals surface area (Å²) < 4.78 is 0. The van der Waals surface area contributed by atoms with Crippen LogP contribution in [0.25, 0.3) is 0 Å². The molecule has 5 nitrogen and oxygen atoms in total. The molecular weight excluding hydrogens is 216 g/mol. The third kappa shape index (κ3) is 1.95. The summed E-state index contributed by atoms with van der Waals surface area (Å²) in [5.41, 5.74) is 0. The quantitative estimate of drug-likeness (QED) is 0.791. The van der Waals surface area contributed by atoms with Gasteiger partial charge in [-0.25, -0.2) is 9.78 Å². The summed E-state index contributed by atoms with van der Waals surface area (Å²) in [6.45, 7) is 0.322. The topological polar surface area (TPSA) is 73.7 Å². The summed E-state index contributed by atoms with van der Waals surface area (Å²) in [6, 6.07) is -0.281. The third-order valence-electron chi connectivity index (χ3n) is 2.67. The lowest BCUT2D eigenvalue weighted by Crippen LogP contribution is -2.36. The number of aromatic nitrogens is 1. The van der Waals surface area contributed by atoms with Gasteiger partial charge >= 0.3 is 6.09 Å². The van der Waals surface area contributed by atoms with Crippen LogP contribution in [-0.4, -0.2) is 45.4 Å². The number of carboxylic acid groups (broad SMARTS) is 1. The van der Waals surface area contributed by atoms with E-state index in [2.05, 4.69) is 4.98 Å². The summed E-state index contributed by atoms with van der Waals surface area (Å²) in [7, 11) is 0. The van der Waals surface area contributed by atoms with Crippen LogP contribution in [0.15, 0.2) is 11.6 Å². The van der Waals surface area contributed by atoms with E-state index >= 15 is 0 Å². The lowest BCUT2D eigenvalue weighted by molar-refractivity contribution is 0.118. The fourth-order valence-electron chi connectivity index (χ4n) is 1.94. The number of hydrogen-bond acceptors (Lipinski definition) is 4. The fourth-order valence-corrected chi connectivity index (χ4v) is 2.69. The first-order valence-electron chi connectivity index (χ1n) is 4.72. The normalized spacial score (nSPS) is 25.8. The molecular formula is C9H12N2O3S. The van der Waals surface area contributed by atoms with Crippen LogP contribution in [0.4, 0.5) is 4.79 Å². The van der Waals surface area contributed by atoms with Gasteiger partial charge in [0.05, 0.1) is 17.7 Å². The number of likely N-dealkylation sites (tertiary alicyclic amines) is 1. The third-order valence-corrected chi connectivity index (χ3v) is 3.61. The Balaban J connectivity index is 2.11. The molecule has 1 fully saturated rings. The van der Waals surface area contributed by atoms with Gasteiger partial charge in [0.15, 0.2) is 0 Å². The molecule has 0 aliphatic carbocycles. The smallest absolute Gasteiger partial charge is 0.407 e. The predicted octanol–water partition coefficient (Wildman–Crippen LogP) is 0.971. The van der Waals surface area contributed by atoms with Gasteiger partial charge in [0.25, 0.3) is 0 Å². The summed E-state index contributed by atoms with van der Waals surface area (Å²) in [6.07, 6.45) is 1.42. The number of thiazole rings is 1. The number of nitrogens with zero attached hydrogens (tertiary/aromatic N) is 2. The molecule has 2 N–H and O–H groups in total. The highest BCUT2D eigenvalue weighted by atomic mass is 32.1. The lowest BCUT2D eigenvalue weighted by Gasteiger charge is -2.18. The summed E-state index contributed by atoms with van der Waals surface area (Å²) >= 11 is 1.53. The maximum atomic E-state index is 10.9. The monoisotopic (exact) mass is 228 g/mol. The van der Waals surface area contributed by atoms with Crippen molar-refractivity contribution in [3.63, 3.8) is 0 Å². The molecule has 1 amide bonds. The van der Waals surface area contributed by atoms with Crippen molar-refractivity contribution in [2.75, 3.05) is 13.2 Å². The Morgan fingerprint density at radius 3 is 3.00 bits per heavy atom. The van der Waals surface area contributed by atoms with Gasteiger partial charge in [-0.2, -0.15) is 0 Å². The minimum Gasteiger partial charge on any atom is -0.465 e. The molecule has 1 saturated heterocycles. The van der Waals surface area contributed by atoms with Gasteiger partial charge in [-0.3, -0.25) is 0 Å². The zero-order valence-electron chi connectivity index (χ0n) is 8.04. The maximum absolute atomic E-state index is 10.9. The minimum atomic E-state index is -0.965. The Bertz CT molecular complexity index is 341. The second-order valence-corrected chi connectivity index (χ2v) is 4.50. The minimum absolute atomic E-state index is 0.117. The van der Waals surface area contributed by atoms with Crippen LogP contribution in [0.5, 0.6) is 0 Å². The molecule has 1 aliphatic heterocycles. The van der Waals surface area contributed by atoms with Gasteiger partial charge in [-0.15, -0.1) is 11.3 Å². The first-order valence-corrected chi connectivity index (χ1v) is 5.60. The van der Waals surface area contributed by atoms with E-state index in [0.29, 0.717) is 13.0 Å². The van der Waals surface area contributed by atoms with E-state index in [1.807, 2.05) is 5.38 Å². The second kappa shape index (κ2) is 4.16. The van der Waals surface area contributed by atoms with Crippen molar-refractivity contribution < 1.29 is 15.0 Å². The van der Waals surface area contributed by atoms with E-state index in [-0.39, 0.29) is 18.6 Å². The number of carbonyl (C=O) groups is 1. The molecule has 0 spiro atoms. The highest BCUT2D eigenvalue weighted by Crippen LogP contribution is 2.32. The molecule has 82 valence electrons. The largest absolute Gasteiger partial charge is 0.465 e. The summed E-state index contributed by atoms with van der Waals surface area (Å²) in [5.74, 6) is 0.137. The van der Waals surface area contributed by atoms with Crippen LogP contribution in [0.1, 0.15) is 17.3 Å². The Labute approximate surface area is 91.0 Å². The van der Waals surface area contributed by atoms with Crippen molar-refractivity contribution in [2.45, 2.75) is 18.4 Å². The zero-order chi connectivity index (χ0) is 10.8. The van der Waals surface area contributed by atoms with Crippen molar-refractivity contribution >= 4 is 17.4 Å². The number of aliphatic hydroxyl groups is 1. The summed E-state index contributed by atoms with van der Waals surface area (Å²) in [5, 5.41) is 20.8. The van der Waals surface area contributed by atoms with Gasteiger partial charge in [-0.05, 0) is 6.42 Å². The van der Waals surface area contributed by atoms with Crippen LogP contribution in [0.2, 0.25) is 0 Å². The molecule has 1 aromatic heterocycles. The molecule has 0 bridgehead atoms. The Morgan fingerprint density at radius 2 is 2.53 bits per heavy atom. The number of rotatable bonds is 2. The average Bonchev–Trinajstić information content (AvgIpc) is 2.86. The molecule has 2 rings (SSSR count). The van der Waals surface area contributed by atoms with E-state index in [1.165, 1.54) is 16.2 Å². The van der Waals surface area contributed by atoms with Crippen LogP contribution < -0.4 is 0 Å². The van der Waals surface area contributed by atoms with E-state index in [4.69, 9.17) is 10.2 Å². The van der Waals surface area contributed by atoms with Crippen LogP contribution >= 0.6 is 11.3 Å². The van der Waals surface area contributed by atoms with Gasteiger partial charge in [-0.1, -0.05) is 0 Å². The number of aliphatic hydroxyl groups excluding tert-OH is 1. The van der Waals surface area contributed by atoms with Gasteiger partial charge in [0.2, 0.25) is 0 Å². The molecule has 0 aromatic carbocycles. The molecule has 2 atom stereocenters. The van der Waals surface area contributed by atoms with E-state index in [1.54, 1.807) is 6.20 Å². The van der Waals surface area contributed by atoms with Gasteiger partial charge in [0.1, 0.15) is 0 Å². The average molecular weight is 228 g/mol. The van der Waals surface area contributed by atoms with E-state index < -0.39 is 6.09 Å². The van der Waals surface area contributed by atoms with Crippen LogP contribution in [0, 0.1) is 0 Å². The van der Waals surface area contributed by atoms with Gasteiger partial charge < -0.3 is 15.1 Å². The molecule has 2 heterocycles. The molecule has 1 aromatic rings. The molecule has 0 radical (unpaired) electrons. The van der Waals surface area contributed by atoms with Crippen LogP contribution in [0.3, 0.4) is 0 Å². The van der Waals surface area contributed by atoms with E-state index in [9.17, 15) is 4.79 Å². The highest BCUT2D eigenvalue weighted by molar-refractivity contribution is 7.09. The van der Waals surface area contributed by atoms with E-state index in [0.717, 1.165) is 5.01 Å². The fraction of sp³-hybridized carbons (Fsp3) is 0.556. The SMILES string of the molecule is O=C(O)N1C[C@@H](c2nccs2)C[C@H]1CO. The Morgan fingerprint density at radius 1 is 1.73 bits per heavy atom. The standard InChI is InChI=1S/C9H12N2O3S/c12-5-7-3-6(4-11(7)9(13)14)8-10-1-2-15-8/h1-2,6-7,12H,3-5H2,(H,13,14)/t6-,7-/m0/s1. The van der Waals surface area contributed by atoms with Gasteiger partial charge in [0, 0.05) is 24.0 Å². The van der Waals surface area contributed by atoms with Crippen LogP contribution in [-0.2, 0) is 0 Å². The number of hydrogen-bond donors (Lipinski definition) is 2.